The molecule has 3 nitrogen and oxygen atoms in total. The number of hydrogen-bond donors (Lipinski definition) is 2. The van der Waals surface area contributed by atoms with Crippen LogP contribution in [0.15, 0.2) is 0 Å². The van der Waals surface area contributed by atoms with Gasteiger partial charge in [-0.1, -0.05) is 0 Å². The van der Waals surface area contributed by atoms with E-state index in [2.05, 4.69) is 0 Å². The summed E-state index contributed by atoms with van der Waals surface area (Å²) in [6, 6.07) is 0. The van der Waals surface area contributed by atoms with E-state index in [1.54, 1.807) is 0 Å². The third-order valence-electron chi connectivity index (χ3n) is 0. The first kappa shape index (κ1) is 15.7. The average molecular weight is 398 g/mol. The van der Waals surface area contributed by atoms with E-state index in [4.69, 9.17) is 10.7 Å². The van der Waals surface area contributed by atoms with Crippen molar-refractivity contribution in [3.05, 3.63) is 0 Å². The van der Waals surface area contributed by atoms with E-state index in [0.29, 0.717) is 0 Å². The van der Waals surface area contributed by atoms with Crippen LogP contribution in [0.25, 0.3) is 0 Å². The smallest absolute Gasteiger partial charge is 0 e. The Balaban J connectivity index is -0.0000000450. The van der Waals surface area contributed by atoms with E-state index in [9.17, 15) is 0 Å². The van der Waals surface area contributed by atoms with E-state index >= 15 is 0 Å². The van der Waals surface area contributed by atoms with Crippen LogP contribution in [-0.2, 0) is 48.1 Å². The molecule has 0 heterocycles. The second-order valence-corrected chi connectivity index (χ2v) is 1.17. The Labute approximate surface area is 81.5 Å². The summed E-state index contributed by atoms with van der Waals surface area (Å²) in [6.45, 7) is 0. The van der Waals surface area contributed by atoms with Crippen molar-refractivity contribution < 1.29 is 55.5 Å². The minimum Gasteiger partial charge on any atom is 0 e. The minimum atomic E-state index is -3.58. The zero-order chi connectivity index (χ0) is 3.58. The molecule has 0 aromatic carbocycles. The van der Waals surface area contributed by atoms with E-state index < -0.39 is 18.6 Å². The molecule has 0 aromatic heterocycles. The van der Waals surface area contributed by atoms with Gasteiger partial charge in [-0.3, -0.25) is 0 Å². The summed E-state index contributed by atoms with van der Waals surface area (Å²) in [4.78, 5) is 0. The molecule has 2 N–H and O–H groups in total. The standard InChI is InChI=1S/2H2O.O.Pb.Ti.Zr.2H/h2*1H2;;;;;;/q;;;;+2;;;/p-2. The topological polar surface area (TPSA) is 57.5 Å². The third kappa shape index (κ3) is 34.2. The van der Waals surface area contributed by atoms with Crippen molar-refractivity contribution in [2.24, 2.45) is 0 Å². The normalized spacial score (nSPS) is 4.33. The first-order valence-corrected chi connectivity index (χ1v) is 2.69. The van der Waals surface area contributed by atoms with Gasteiger partial charge >= 0.3 is 56.6 Å². The van der Waals surface area contributed by atoms with Crippen molar-refractivity contribution in [1.82, 2.24) is 0 Å². The molecule has 0 aliphatic heterocycles. The molecule has 6 heavy (non-hydrogen) atoms. The van der Waals surface area contributed by atoms with Crippen molar-refractivity contribution in [3.8, 4) is 0 Å². The molecular weight excluding hydrogens is 394 g/mol. The molecular formula is H4O3PbTiZr. The first-order chi connectivity index (χ1) is 1.73. The van der Waals surface area contributed by atoms with Gasteiger partial charge in [0.05, 0.1) is 0 Å². The van der Waals surface area contributed by atoms with Gasteiger partial charge in [-0.15, -0.1) is 0 Å². The fourth-order valence-corrected chi connectivity index (χ4v) is 0. The predicted molar refractivity (Wildman–Crippen MR) is 13.7 cm³/mol. The maximum absolute atomic E-state index is 8.81. The maximum atomic E-state index is 8.81. The van der Waals surface area contributed by atoms with Crippen LogP contribution in [-0.4, -0.2) is 34.7 Å². The minimum absolute atomic E-state index is 0. The third-order valence-corrected chi connectivity index (χ3v) is 0. The monoisotopic (exact) mass is 398 g/mol. The zero-order valence-electron chi connectivity index (χ0n) is 3.01. The van der Waals surface area contributed by atoms with Crippen LogP contribution < -0.4 is 0 Å². The van der Waals surface area contributed by atoms with Gasteiger partial charge < -0.3 is 0 Å². The molecule has 0 bridgehead atoms. The molecule has 0 fully saturated rings. The molecule has 0 atom stereocenters. The largest absolute Gasteiger partial charge is 0 e. The summed E-state index contributed by atoms with van der Waals surface area (Å²) in [5, 5.41) is 0. The van der Waals surface area contributed by atoms with Gasteiger partial charge in [0, 0.05) is 26.2 Å². The van der Waals surface area contributed by atoms with Crippen LogP contribution >= 0.6 is 0 Å². The van der Waals surface area contributed by atoms with E-state index in [1.807, 2.05) is 0 Å². The predicted octanol–water partition coefficient (Wildman–Crippen LogP) is -2.15. The summed E-state index contributed by atoms with van der Waals surface area (Å²) < 4.78 is 23.2. The van der Waals surface area contributed by atoms with Gasteiger partial charge in [0.2, 0.25) is 0 Å². The SMILES string of the molecule is [O]=[Ti]([OH])[OH].[PbH2].[Zr]. The van der Waals surface area contributed by atoms with Crippen molar-refractivity contribution >= 4 is 27.3 Å². The van der Waals surface area contributed by atoms with Gasteiger partial charge in [0.15, 0.2) is 0 Å². The van der Waals surface area contributed by atoms with Crippen molar-refractivity contribution in [2.75, 3.05) is 0 Å². The van der Waals surface area contributed by atoms with Crippen LogP contribution in [0.4, 0.5) is 0 Å². The summed E-state index contributed by atoms with van der Waals surface area (Å²) in [7, 11) is 0. The van der Waals surface area contributed by atoms with Crippen LogP contribution in [0.3, 0.4) is 0 Å². The molecule has 0 spiro atoms. The van der Waals surface area contributed by atoms with E-state index in [0.717, 1.165) is 0 Å². The molecule has 2 radical (unpaired) electrons. The van der Waals surface area contributed by atoms with Crippen LogP contribution in [0.2, 0.25) is 0 Å². The Kier molecular flexibility index (Phi) is 26.9. The van der Waals surface area contributed by atoms with Gasteiger partial charge in [0.1, 0.15) is 0 Å². The molecule has 6 heteroatoms. The summed E-state index contributed by atoms with van der Waals surface area (Å²) in [5.41, 5.74) is 0. The molecule has 34 valence electrons. The molecule has 0 rings (SSSR count). The van der Waals surface area contributed by atoms with Crippen LogP contribution in [0.1, 0.15) is 0 Å². The Morgan fingerprint density at radius 2 is 1.33 bits per heavy atom. The fraction of sp³-hybridized carbons (Fsp3) is 0. The van der Waals surface area contributed by atoms with Crippen LogP contribution in [0, 0.1) is 0 Å². The summed E-state index contributed by atoms with van der Waals surface area (Å²) >= 11 is -3.58. The molecule has 0 aromatic rings. The number of rotatable bonds is 0. The first-order valence-electron chi connectivity index (χ1n) is 0.651. The molecule has 0 unspecified atom stereocenters. The number of hydrogen-bond acceptors (Lipinski definition) is 1. The zero-order valence-corrected chi connectivity index (χ0v) is 12.5. The van der Waals surface area contributed by atoms with Crippen molar-refractivity contribution in [1.29, 1.82) is 0 Å². The van der Waals surface area contributed by atoms with Gasteiger partial charge in [-0.05, 0) is 0 Å². The van der Waals surface area contributed by atoms with Crippen molar-refractivity contribution in [3.63, 3.8) is 0 Å². The van der Waals surface area contributed by atoms with Crippen LogP contribution in [0.5, 0.6) is 0 Å². The second kappa shape index (κ2) is 10.3. The van der Waals surface area contributed by atoms with E-state index in [-0.39, 0.29) is 53.5 Å². The Morgan fingerprint density at radius 3 is 1.33 bits per heavy atom. The van der Waals surface area contributed by atoms with Gasteiger partial charge in [0.25, 0.3) is 0 Å². The van der Waals surface area contributed by atoms with Crippen molar-refractivity contribution in [2.45, 2.75) is 0 Å². The quantitative estimate of drug-likeness (QED) is 0.458. The van der Waals surface area contributed by atoms with E-state index in [1.165, 1.54) is 0 Å². The van der Waals surface area contributed by atoms with Gasteiger partial charge in [-0.25, -0.2) is 0 Å². The molecule has 0 amide bonds. The summed E-state index contributed by atoms with van der Waals surface area (Å²) in [6.07, 6.45) is 0. The maximum Gasteiger partial charge on any atom is 0 e. The molecule has 0 saturated carbocycles. The molecule has 0 aliphatic rings. The second-order valence-electron chi connectivity index (χ2n) is 0.283. The Morgan fingerprint density at radius 1 is 1.33 bits per heavy atom. The average Bonchev–Trinajstić information content (AvgIpc) is 0.811. The molecule has 0 saturated heterocycles. The Hall–Kier alpha value is 2.24. The molecule has 0 aliphatic carbocycles. The summed E-state index contributed by atoms with van der Waals surface area (Å²) in [5.74, 6) is 0. The van der Waals surface area contributed by atoms with Gasteiger partial charge in [-0.2, -0.15) is 0 Å². The fourth-order valence-electron chi connectivity index (χ4n) is 0. The Bertz CT molecular complexity index is 33.8.